The van der Waals surface area contributed by atoms with Crippen molar-refractivity contribution in [2.45, 2.75) is 40.0 Å². The Balaban J connectivity index is 1.67. The molecule has 1 atom stereocenters. The Morgan fingerprint density at radius 1 is 1.37 bits per heavy atom. The summed E-state index contributed by atoms with van der Waals surface area (Å²) in [5, 5.41) is 3.75. The topological polar surface area (TPSA) is 80.9 Å². The van der Waals surface area contributed by atoms with Crippen molar-refractivity contribution < 1.29 is 4.79 Å². The van der Waals surface area contributed by atoms with Crippen LogP contribution in [0.1, 0.15) is 48.1 Å². The van der Waals surface area contributed by atoms with E-state index in [4.69, 9.17) is 10.7 Å². The maximum Gasteiger partial charge on any atom is 0.267 e. The number of anilines is 2. The number of rotatable bonds is 2. The third-order valence-electron chi connectivity index (χ3n) is 5.44. The van der Waals surface area contributed by atoms with Gasteiger partial charge in [-0.25, -0.2) is 4.98 Å². The number of hydrogen-bond acceptors (Lipinski definition) is 5. The molecule has 0 aliphatic heterocycles. The highest BCUT2D eigenvalue weighted by Crippen LogP contribution is 2.40. The largest absolute Gasteiger partial charge is 0.397 e. The number of nitrogens with one attached hydrogen (secondary N) is 1. The summed E-state index contributed by atoms with van der Waals surface area (Å²) >= 11 is 1.36. The van der Waals surface area contributed by atoms with Gasteiger partial charge < -0.3 is 11.1 Å². The maximum absolute atomic E-state index is 12.7. The Morgan fingerprint density at radius 3 is 2.89 bits per heavy atom. The first-order valence-corrected chi connectivity index (χ1v) is 10.1. The summed E-state index contributed by atoms with van der Waals surface area (Å²) < 4.78 is 0. The van der Waals surface area contributed by atoms with Crippen LogP contribution in [0.15, 0.2) is 30.6 Å². The molecule has 3 N–H and O–H groups in total. The summed E-state index contributed by atoms with van der Waals surface area (Å²) in [4.78, 5) is 22.9. The fourth-order valence-electron chi connectivity index (χ4n) is 3.72. The van der Waals surface area contributed by atoms with E-state index in [1.807, 2.05) is 0 Å². The Kier molecular flexibility index (Phi) is 4.38. The standard InChI is InChI=1S/C21H24N4OS/c1-21(2,3)13-6-7-16-12(9-13)10-15-17(22)18(27-20(15)25-16)19(26)24-14-5-4-8-23-11-14/h4-5,8,10-11,13H,6-7,9,22H2,1-3H3,(H,24,26). The predicted molar refractivity (Wildman–Crippen MR) is 111 cm³/mol. The van der Waals surface area contributed by atoms with Gasteiger partial charge in [0, 0.05) is 17.3 Å². The van der Waals surface area contributed by atoms with Gasteiger partial charge in [0.2, 0.25) is 0 Å². The first-order chi connectivity index (χ1) is 12.8. The Morgan fingerprint density at radius 2 is 2.19 bits per heavy atom. The molecule has 1 amide bonds. The van der Waals surface area contributed by atoms with E-state index in [2.05, 4.69) is 37.1 Å². The number of pyridine rings is 2. The monoisotopic (exact) mass is 380 g/mol. The van der Waals surface area contributed by atoms with Gasteiger partial charge in [0.15, 0.2) is 0 Å². The highest BCUT2D eigenvalue weighted by molar-refractivity contribution is 7.21. The molecule has 3 aromatic heterocycles. The van der Waals surface area contributed by atoms with Crippen LogP contribution in [0.2, 0.25) is 0 Å². The molecule has 6 heteroatoms. The molecule has 3 heterocycles. The second-order valence-electron chi connectivity index (χ2n) is 8.29. The van der Waals surface area contributed by atoms with Gasteiger partial charge in [0.05, 0.1) is 17.6 Å². The number of carbonyl (C=O) groups excluding carboxylic acids is 1. The van der Waals surface area contributed by atoms with E-state index in [9.17, 15) is 4.79 Å². The maximum atomic E-state index is 12.7. The Bertz CT molecular complexity index is 1000. The molecule has 140 valence electrons. The summed E-state index contributed by atoms with van der Waals surface area (Å²) in [6, 6.07) is 5.74. The van der Waals surface area contributed by atoms with Gasteiger partial charge in [0.25, 0.3) is 5.91 Å². The predicted octanol–water partition coefficient (Wildman–Crippen LogP) is 4.68. The number of fused-ring (bicyclic) bond motifs is 2. The van der Waals surface area contributed by atoms with E-state index in [1.54, 1.807) is 24.5 Å². The van der Waals surface area contributed by atoms with Crippen molar-refractivity contribution in [1.29, 1.82) is 0 Å². The molecule has 0 saturated carbocycles. The van der Waals surface area contributed by atoms with Crippen LogP contribution < -0.4 is 11.1 Å². The zero-order chi connectivity index (χ0) is 19.2. The number of aromatic nitrogens is 2. The Labute approximate surface area is 163 Å². The van der Waals surface area contributed by atoms with Crippen LogP contribution in [0.5, 0.6) is 0 Å². The van der Waals surface area contributed by atoms with Gasteiger partial charge in [-0.15, -0.1) is 11.3 Å². The van der Waals surface area contributed by atoms with E-state index in [0.717, 1.165) is 35.2 Å². The van der Waals surface area contributed by atoms with E-state index < -0.39 is 0 Å². The van der Waals surface area contributed by atoms with Crippen molar-refractivity contribution in [3.8, 4) is 0 Å². The molecule has 0 saturated heterocycles. The summed E-state index contributed by atoms with van der Waals surface area (Å²) in [5.41, 5.74) is 10.2. The van der Waals surface area contributed by atoms with Gasteiger partial charge >= 0.3 is 0 Å². The van der Waals surface area contributed by atoms with Crippen molar-refractivity contribution in [2.75, 3.05) is 11.1 Å². The highest BCUT2D eigenvalue weighted by Gasteiger charge is 2.30. The number of nitrogens with zero attached hydrogens (tertiary/aromatic N) is 2. The molecule has 3 aromatic rings. The van der Waals surface area contributed by atoms with Crippen molar-refractivity contribution in [3.63, 3.8) is 0 Å². The lowest BCUT2D eigenvalue weighted by molar-refractivity contribution is 0.103. The van der Waals surface area contributed by atoms with E-state index in [-0.39, 0.29) is 11.3 Å². The molecule has 0 fully saturated rings. The average Bonchev–Trinajstić information content (AvgIpc) is 2.95. The molecule has 27 heavy (non-hydrogen) atoms. The fraction of sp³-hybridized carbons (Fsp3) is 0.381. The fourth-order valence-corrected chi connectivity index (χ4v) is 4.71. The first kappa shape index (κ1) is 17.9. The first-order valence-electron chi connectivity index (χ1n) is 9.25. The van der Waals surface area contributed by atoms with E-state index >= 15 is 0 Å². The van der Waals surface area contributed by atoms with Gasteiger partial charge in [-0.1, -0.05) is 20.8 Å². The molecular weight excluding hydrogens is 356 g/mol. The van der Waals surface area contributed by atoms with Crippen LogP contribution in [0.25, 0.3) is 10.2 Å². The number of carbonyl (C=O) groups is 1. The number of thiophene rings is 1. The third-order valence-corrected chi connectivity index (χ3v) is 6.55. The number of nitrogens with two attached hydrogens (primary N) is 1. The summed E-state index contributed by atoms with van der Waals surface area (Å²) in [5.74, 6) is 0.423. The number of amides is 1. The van der Waals surface area contributed by atoms with Gasteiger partial charge in [-0.2, -0.15) is 0 Å². The molecule has 0 bridgehead atoms. The minimum absolute atomic E-state index is 0.214. The second-order valence-corrected chi connectivity index (χ2v) is 9.29. The molecule has 1 aliphatic carbocycles. The third kappa shape index (κ3) is 3.41. The lowest BCUT2D eigenvalue weighted by Crippen LogP contribution is -2.27. The molecule has 0 radical (unpaired) electrons. The molecule has 5 nitrogen and oxygen atoms in total. The molecular formula is C21H24N4OS. The minimum Gasteiger partial charge on any atom is -0.397 e. The summed E-state index contributed by atoms with van der Waals surface area (Å²) in [6.45, 7) is 6.90. The van der Waals surface area contributed by atoms with E-state index in [1.165, 1.54) is 16.9 Å². The van der Waals surface area contributed by atoms with Crippen molar-refractivity contribution >= 4 is 38.8 Å². The van der Waals surface area contributed by atoms with Crippen LogP contribution in [0.3, 0.4) is 0 Å². The molecule has 0 aromatic carbocycles. The molecule has 0 spiro atoms. The normalized spacial score (nSPS) is 16.9. The van der Waals surface area contributed by atoms with Crippen LogP contribution in [-0.2, 0) is 12.8 Å². The van der Waals surface area contributed by atoms with Gasteiger partial charge in [0.1, 0.15) is 9.71 Å². The van der Waals surface area contributed by atoms with Gasteiger partial charge in [-0.3, -0.25) is 9.78 Å². The average molecular weight is 381 g/mol. The summed E-state index contributed by atoms with van der Waals surface area (Å²) in [7, 11) is 0. The van der Waals surface area contributed by atoms with Crippen LogP contribution in [-0.4, -0.2) is 15.9 Å². The molecule has 1 aliphatic rings. The highest BCUT2D eigenvalue weighted by atomic mass is 32.1. The molecule has 4 rings (SSSR count). The van der Waals surface area contributed by atoms with Crippen LogP contribution in [0.4, 0.5) is 11.4 Å². The number of nitrogen functional groups attached to an aromatic ring is 1. The Hall–Kier alpha value is -2.47. The van der Waals surface area contributed by atoms with E-state index in [0.29, 0.717) is 22.2 Å². The van der Waals surface area contributed by atoms with Crippen LogP contribution >= 0.6 is 11.3 Å². The summed E-state index contributed by atoms with van der Waals surface area (Å²) in [6.07, 6.45) is 6.45. The SMILES string of the molecule is CC(C)(C)C1CCc2nc3sc(C(=O)Nc4cccnc4)c(N)c3cc2C1. The lowest BCUT2D eigenvalue weighted by Gasteiger charge is -2.34. The number of aryl methyl sites for hydroxylation is 1. The number of hydrogen-bond donors (Lipinski definition) is 2. The zero-order valence-corrected chi connectivity index (χ0v) is 16.7. The van der Waals surface area contributed by atoms with Crippen LogP contribution in [0, 0.1) is 11.3 Å². The smallest absolute Gasteiger partial charge is 0.267 e. The quantitative estimate of drug-likeness (QED) is 0.676. The van der Waals surface area contributed by atoms with Crippen molar-refractivity contribution in [3.05, 3.63) is 46.7 Å². The van der Waals surface area contributed by atoms with Crippen molar-refractivity contribution in [1.82, 2.24) is 9.97 Å². The second kappa shape index (κ2) is 6.60. The lowest BCUT2D eigenvalue weighted by atomic mass is 9.71. The minimum atomic E-state index is -0.214. The van der Waals surface area contributed by atoms with Crippen molar-refractivity contribution in [2.24, 2.45) is 11.3 Å². The van der Waals surface area contributed by atoms with Gasteiger partial charge in [-0.05, 0) is 54.4 Å². The molecule has 1 unspecified atom stereocenters. The zero-order valence-electron chi connectivity index (χ0n) is 15.9.